The highest BCUT2D eigenvalue weighted by Crippen LogP contribution is 2.31. The van der Waals surface area contributed by atoms with Gasteiger partial charge in [-0.05, 0) is 37.3 Å². The molecule has 0 bridgehead atoms. The van der Waals surface area contributed by atoms with Crippen molar-refractivity contribution in [1.29, 1.82) is 0 Å². The third kappa shape index (κ3) is 2.22. The minimum atomic E-state index is -0.170. The van der Waals surface area contributed by atoms with Crippen molar-refractivity contribution in [2.24, 2.45) is 0 Å². The first-order chi connectivity index (χ1) is 8.34. The molecule has 0 amide bonds. The van der Waals surface area contributed by atoms with Crippen LogP contribution in [0.25, 0.3) is 0 Å². The predicted molar refractivity (Wildman–Crippen MR) is 66.7 cm³/mol. The van der Waals surface area contributed by atoms with Gasteiger partial charge in [0.05, 0.1) is 17.8 Å². The number of aromatic nitrogens is 1. The van der Waals surface area contributed by atoms with Gasteiger partial charge >= 0.3 is 0 Å². The summed E-state index contributed by atoms with van der Waals surface area (Å²) in [7, 11) is 0. The van der Waals surface area contributed by atoms with Crippen LogP contribution in [0.4, 0.5) is 0 Å². The highest BCUT2D eigenvalue weighted by atomic mass is 16.3. The van der Waals surface area contributed by atoms with Gasteiger partial charge in [-0.15, -0.1) is 0 Å². The molecule has 0 aromatic carbocycles. The lowest BCUT2D eigenvalue weighted by molar-refractivity contribution is 0.0846. The Kier molecular flexibility index (Phi) is 3.12. The molecule has 3 heteroatoms. The minimum Gasteiger partial charge on any atom is -0.392 e. The van der Waals surface area contributed by atoms with E-state index in [1.54, 1.807) is 0 Å². The van der Waals surface area contributed by atoms with Crippen LogP contribution in [0.15, 0.2) is 18.3 Å². The Morgan fingerprint density at radius 1 is 1.24 bits per heavy atom. The minimum absolute atomic E-state index is 0.170. The lowest BCUT2D eigenvalue weighted by Crippen LogP contribution is -2.43. The van der Waals surface area contributed by atoms with Gasteiger partial charge in [-0.25, -0.2) is 0 Å². The van der Waals surface area contributed by atoms with Crippen molar-refractivity contribution in [2.75, 3.05) is 0 Å². The lowest BCUT2D eigenvalue weighted by atomic mass is 9.92. The molecular weight excluding hydrogens is 212 g/mol. The van der Waals surface area contributed by atoms with E-state index in [4.69, 9.17) is 0 Å². The van der Waals surface area contributed by atoms with Crippen molar-refractivity contribution >= 4 is 0 Å². The SMILES string of the molecule is OC1CCCCC1NC1CCc2cccnc21. The summed E-state index contributed by atoms with van der Waals surface area (Å²) in [5.74, 6) is 0. The van der Waals surface area contributed by atoms with Crippen LogP contribution in [0, 0.1) is 0 Å². The Hall–Kier alpha value is -0.930. The van der Waals surface area contributed by atoms with Crippen molar-refractivity contribution in [3.8, 4) is 0 Å². The molecule has 1 saturated carbocycles. The number of aryl methyl sites for hydroxylation is 1. The number of nitrogens with one attached hydrogen (secondary N) is 1. The molecule has 0 spiro atoms. The molecule has 1 heterocycles. The maximum absolute atomic E-state index is 9.99. The Morgan fingerprint density at radius 2 is 2.12 bits per heavy atom. The largest absolute Gasteiger partial charge is 0.392 e. The van der Waals surface area contributed by atoms with E-state index < -0.39 is 0 Å². The summed E-state index contributed by atoms with van der Waals surface area (Å²) in [5.41, 5.74) is 2.57. The molecule has 0 radical (unpaired) electrons. The maximum atomic E-state index is 9.99. The fraction of sp³-hybridized carbons (Fsp3) is 0.643. The van der Waals surface area contributed by atoms with Gasteiger partial charge in [0, 0.05) is 12.2 Å². The highest BCUT2D eigenvalue weighted by Gasteiger charge is 2.29. The summed E-state index contributed by atoms with van der Waals surface area (Å²) in [6.45, 7) is 0. The zero-order valence-corrected chi connectivity index (χ0v) is 10.1. The summed E-state index contributed by atoms with van der Waals surface area (Å²) in [5, 5.41) is 13.6. The number of aliphatic hydroxyl groups is 1. The van der Waals surface area contributed by atoms with Crippen LogP contribution >= 0.6 is 0 Å². The Bertz CT molecular complexity index is 394. The molecule has 1 aromatic rings. The van der Waals surface area contributed by atoms with Crippen LogP contribution < -0.4 is 5.32 Å². The zero-order valence-electron chi connectivity index (χ0n) is 10.1. The standard InChI is InChI=1S/C14H20N2O/c17-13-6-2-1-5-11(13)16-12-8-7-10-4-3-9-15-14(10)12/h3-4,9,11-13,16-17H,1-2,5-8H2. The van der Waals surface area contributed by atoms with Crippen LogP contribution in [0.2, 0.25) is 0 Å². The monoisotopic (exact) mass is 232 g/mol. The molecule has 0 aliphatic heterocycles. The molecule has 1 aromatic heterocycles. The molecule has 2 aliphatic carbocycles. The zero-order chi connectivity index (χ0) is 11.7. The highest BCUT2D eigenvalue weighted by molar-refractivity contribution is 5.28. The number of hydrogen-bond donors (Lipinski definition) is 2. The third-order valence-corrected chi connectivity index (χ3v) is 4.10. The van der Waals surface area contributed by atoms with E-state index in [0.29, 0.717) is 6.04 Å². The van der Waals surface area contributed by atoms with Gasteiger partial charge < -0.3 is 10.4 Å². The van der Waals surface area contributed by atoms with E-state index in [9.17, 15) is 5.11 Å². The molecule has 3 atom stereocenters. The van der Waals surface area contributed by atoms with E-state index in [2.05, 4.69) is 16.4 Å². The number of hydrogen-bond acceptors (Lipinski definition) is 3. The number of fused-ring (bicyclic) bond motifs is 1. The van der Waals surface area contributed by atoms with E-state index in [-0.39, 0.29) is 12.1 Å². The molecule has 3 rings (SSSR count). The third-order valence-electron chi connectivity index (χ3n) is 4.10. The van der Waals surface area contributed by atoms with Gasteiger partial charge in [0.15, 0.2) is 0 Å². The Morgan fingerprint density at radius 3 is 3.00 bits per heavy atom. The molecule has 92 valence electrons. The molecule has 2 N–H and O–H groups in total. The first-order valence-electron chi connectivity index (χ1n) is 6.72. The van der Waals surface area contributed by atoms with Crippen LogP contribution in [-0.4, -0.2) is 22.2 Å². The molecule has 1 fully saturated rings. The van der Waals surface area contributed by atoms with E-state index in [1.165, 1.54) is 24.1 Å². The number of nitrogens with zero attached hydrogens (tertiary/aromatic N) is 1. The Labute approximate surface area is 102 Å². The fourth-order valence-electron chi connectivity index (χ4n) is 3.14. The van der Waals surface area contributed by atoms with Crippen LogP contribution in [0.3, 0.4) is 0 Å². The predicted octanol–water partition coefficient (Wildman–Crippen LogP) is 1.96. The van der Waals surface area contributed by atoms with Crippen molar-refractivity contribution in [3.05, 3.63) is 29.6 Å². The van der Waals surface area contributed by atoms with Crippen LogP contribution in [-0.2, 0) is 6.42 Å². The van der Waals surface area contributed by atoms with Crippen molar-refractivity contribution in [1.82, 2.24) is 10.3 Å². The van der Waals surface area contributed by atoms with E-state index in [0.717, 1.165) is 25.7 Å². The molecular formula is C14H20N2O. The van der Waals surface area contributed by atoms with E-state index in [1.807, 2.05) is 12.3 Å². The molecule has 17 heavy (non-hydrogen) atoms. The summed E-state index contributed by atoms with van der Waals surface area (Å²) >= 11 is 0. The second kappa shape index (κ2) is 4.75. The van der Waals surface area contributed by atoms with Gasteiger partial charge in [-0.2, -0.15) is 0 Å². The first-order valence-corrected chi connectivity index (χ1v) is 6.72. The van der Waals surface area contributed by atoms with Crippen molar-refractivity contribution < 1.29 is 5.11 Å². The summed E-state index contributed by atoms with van der Waals surface area (Å²) in [4.78, 5) is 4.49. The molecule has 2 aliphatic rings. The average molecular weight is 232 g/mol. The average Bonchev–Trinajstić information content (AvgIpc) is 2.76. The van der Waals surface area contributed by atoms with Crippen molar-refractivity contribution in [3.63, 3.8) is 0 Å². The number of rotatable bonds is 2. The van der Waals surface area contributed by atoms with Crippen LogP contribution in [0.1, 0.15) is 49.4 Å². The summed E-state index contributed by atoms with van der Waals surface area (Å²) in [6.07, 6.45) is 8.38. The maximum Gasteiger partial charge on any atom is 0.0693 e. The summed E-state index contributed by atoms with van der Waals surface area (Å²) < 4.78 is 0. The fourth-order valence-corrected chi connectivity index (χ4v) is 3.14. The molecule has 0 saturated heterocycles. The first kappa shape index (κ1) is 11.2. The van der Waals surface area contributed by atoms with Gasteiger partial charge in [-0.3, -0.25) is 4.98 Å². The van der Waals surface area contributed by atoms with Gasteiger partial charge in [0.25, 0.3) is 0 Å². The quantitative estimate of drug-likeness (QED) is 0.819. The second-order valence-electron chi connectivity index (χ2n) is 5.26. The van der Waals surface area contributed by atoms with Crippen LogP contribution in [0.5, 0.6) is 0 Å². The van der Waals surface area contributed by atoms with Gasteiger partial charge in [0.1, 0.15) is 0 Å². The van der Waals surface area contributed by atoms with Crippen molar-refractivity contribution in [2.45, 2.75) is 56.7 Å². The topological polar surface area (TPSA) is 45.1 Å². The lowest BCUT2D eigenvalue weighted by Gasteiger charge is -2.31. The summed E-state index contributed by atoms with van der Waals surface area (Å²) in [6, 6.07) is 4.79. The number of pyridine rings is 1. The van der Waals surface area contributed by atoms with Gasteiger partial charge in [0.2, 0.25) is 0 Å². The molecule has 3 nitrogen and oxygen atoms in total. The van der Waals surface area contributed by atoms with Gasteiger partial charge in [-0.1, -0.05) is 18.9 Å². The number of aliphatic hydroxyl groups excluding tert-OH is 1. The smallest absolute Gasteiger partial charge is 0.0693 e. The van der Waals surface area contributed by atoms with E-state index >= 15 is 0 Å². The second-order valence-corrected chi connectivity index (χ2v) is 5.26. The normalized spacial score (nSPS) is 32.4. The Balaban J connectivity index is 1.70. The molecule has 3 unspecified atom stereocenters.